The molecule has 0 spiro atoms. The van der Waals surface area contributed by atoms with E-state index in [-0.39, 0.29) is 0 Å². The normalized spacial score (nSPS) is 10.7. The number of benzene rings is 1. The Labute approximate surface area is 122 Å². The molecule has 2 aromatic rings. The first-order chi connectivity index (χ1) is 9.02. The molecule has 0 radical (unpaired) electrons. The molecule has 0 saturated heterocycles. The fourth-order valence-corrected chi connectivity index (χ4v) is 2.32. The van der Waals surface area contributed by atoms with Gasteiger partial charge >= 0.3 is 0 Å². The summed E-state index contributed by atoms with van der Waals surface area (Å²) in [5.41, 5.74) is 9.90. The molecule has 0 amide bonds. The highest BCUT2D eigenvalue weighted by Gasteiger charge is 2.13. The van der Waals surface area contributed by atoms with E-state index in [9.17, 15) is 0 Å². The van der Waals surface area contributed by atoms with Gasteiger partial charge in [0.15, 0.2) is 5.82 Å². The number of nitrogen functional groups attached to an aromatic ring is 1. The van der Waals surface area contributed by atoms with Crippen LogP contribution in [0.1, 0.15) is 24.6 Å². The van der Waals surface area contributed by atoms with Crippen LogP contribution in [0.25, 0.3) is 0 Å². The number of aromatic nitrogens is 2. The summed E-state index contributed by atoms with van der Waals surface area (Å²) in [6, 6.07) is 6.14. The van der Waals surface area contributed by atoms with E-state index in [1.54, 1.807) is 0 Å². The van der Waals surface area contributed by atoms with Gasteiger partial charge in [0.1, 0.15) is 0 Å². The molecule has 1 heterocycles. The van der Waals surface area contributed by atoms with Crippen molar-refractivity contribution in [3.8, 4) is 0 Å². The maximum Gasteiger partial charge on any atom is 0.152 e. The Morgan fingerprint density at radius 3 is 2.79 bits per heavy atom. The molecule has 0 aliphatic heterocycles. The summed E-state index contributed by atoms with van der Waals surface area (Å²) in [7, 11) is 0. The predicted molar refractivity (Wildman–Crippen MR) is 83.8 cm³/mol. The molecule has 0 unspecified atom stereocenters. The zero-order chi connectivity index (χ0) is 14.0. The average Bonchev–Trinajstić information content (AvgIpc) is 2.62. The molecule has 0 aliphatic rings. The second-order valence-electron chi connectivity index (χ2n) is 4.66. The summed E-state index contributed by atoms with van der Waals surface area (Å²) in [5, 5.41) is 7.87. The smallest absolute Gasteiger partial charge is 0.152 e. The summed E-state index contributed by atoms with van der Waals surface area (Å²) in [6.45, 7) is 6.98. The summed E-state index contributed by atoms with van der Waals surface area (Å²) < 4.78 is 2.97. The number of rotatable bonds is 4. The molecular formula is C14H19BrN4. The molecular weight excluding hydrogens is 304 g/mol. The third kappa shape index (κ3) is 2.92. The van der Waals surface area contributed by atoms with Crippen LogP contribution in [-0.4, -0.2) is 9.78 Å². The third-order valence-electron chi connectivity index (χ3n) is 3.06. The van der Waals surface area contributed by atoms with Gasteiger partial charge in [-0.2, -0.15) is 5.10 Å². The fraction of sp³-hybridized carbons (Fsp3) is 0.357. The van der Waals surface area contributed by atoms with Crippen molar-refractivity contribution in [2.45, 2.75) is 33.7 Å². The van der Waals surface area contributed by atoms with E-state index in [1.807, 2.05) is 23.7 Å². The third-order valence-corrected chi connectivity index (χ3v) is 3.56. The first kappa shape index (κ1) is 13.9. The van der Waals surface area contributed by atoms with Gasteiger partial charge in [0.05, 0.1) is 11.4 Å². The number of nitrogens with two attached hydrogens (primary N) is 1. The first-order valence-corrected chi connectivity index (χ1v) is 7.18. The van der Waals surface area contributed by atoms with Crippen molar-refractivity contribution in [3.05, 3.63) is 33.9 Å². The lowest BCUT2D eigenvalue weighted by atomic mass is 10.2. The van der Waals surface area contributed by atoms with Gasteiger partial charge in [0.2, 0.25) is 0 Å². The Morgan fingerprint density at radius 2 is 2.11 bits per heavy atom. The Morgan fingerprint density at radius 1 is 1.37 bits per heavy atom. The van der Waals surface area contributed by atoms with Gasteiger partial charge in [-0.25, -0.2) is 4.68 Å². The van der Waals surface area contributed by atoms with E-state index in [0.717, 1.165) is 34.6 Å². The average molecular weight is 323 g/mol. The largest absolute Gasteiger partial charge is 0.394 e. The van der Waals surface area contributed by atoms with E-state index in [4.69, 9.17) is 5.73 Å². The van der Waals surface area contributed by atoms with Crippen molar-refractivity contribution >= 4 is 33.1 Å². The second kappa shape index (κ2) is 5.65. The van der Waals surface area contributed by atoms with E-state index in [0.29, 0.717) is 5.69 Å². The zero-order valence-electron chi connectivity index (χ0n) is 11.5. The van der Waals surface area contributed by atoms with Crippen molar-refractivity contribution in [1.82, 2.24) is 9.78 Å². The maximum absolute atomic E-state index is 6.11. The van der Waals surface area contributed by atoms with Crippen LogP contribution in [0.15, 0.2) is 22.7 Å². The van der Waals surface area contributed by atoms with E-state index >= 15 is 0 Å². The van der Waals surface area contributed by atoms with Crippen LogP contribution in [-0.2, 0) is 6.54 Å². The lowest BCUT2D eigenvalue weighted by Gasteiger charge is -2.12. The van der Waals surface area contributed by atoms with E-state index < -0.39 is 0 Å². The molecule has 0 saturated carbocycles. The van der Waals surface area contributed by atoms with Crippen molar-refractivity contribution in [1.29, 1.82) is 0 Å². The van der Waals surface area contributed by atoms with Crippen LogP contribution in [0.4, 0.5) is 17.2 Å². The second-order valence-corrected chi connectivity index (χ2v) is 5.57. The molecule has 0 atom stereocenters. The number of nitrogens with zero attached hydrogens (tertiary/aromatic N) is 2. The minimum absolute atomic E-state index is 0.716. The Hall–Kier alpha value is -1.49. The number of hydrogen-bond acceptors (Lipinski definition) is 3. The minimum atomic E-state index is 0.716. The molecule has 4 nitrogen and oxygen atoms in total. The number of hydrogen-bond donors (Lipinski definition) is 2. The van der Waals surface area contributed by atoms with Crippen LogP contribution >= 0.6 is 15.9 Å². The molecule has 1 aromatic heterocycles. The molecule has 102 valence electrons. The van der Waals surface area contributed by atoms with Gasteiger partial charge in [-0.15, -0.1) is 0 Å². The summed E-state index contributed by atoms with van der Waals surface area (Å²) >= 11 is 3.49. The van der Waals surface area contributed by atoms with Crippen molar-refractivity contribution in [2.24, 2.45) is 0 Å². The van der Waals surface area contributed by atoms with Gasteiger partial charge in [0, 0.05) is 16.7 Å². The highest BCUT2D eigenvalue weighted by Crippen LogP contribution is 2.29. The highest BCUT2D eigenvalue weighted by atomic mass is 79.9. The highest BCUT2D eigenvalue weighted by molar-refractivity contribution is 9.10. The molecule has 2 rings (SSSR count). The van der Waals surface area contributed by atoms with E-state index in [1.165, 1.54) is 5.56 Å². The monoisotopic (exact) mass is 322 g/mol. The van der Waals surface area contributed by atoms with Crippen LogP contribution in [0, 0.1) is 13.8 Å². The van der Waals surface area contributed by atoms with E-state index in [2.05, 4.69) is 46.3 Å². The fourth-order valence-electron chi connectivity index (χ4n) is 1.96. The van der Waals surface area contributed by atoms with Crippen LogP contribution < -0.4 is 11.1 Å². The minimum Gasteiger partial charge on any atom is -0.394 e. The van der Waals surface area contributed by atoms with Gasteiger partial charge in [-0.1, -0.05) is 28.9 Å². The summed E-state index contributed by atoms with van der Waals surface area (Å²) in [5.74, 6) is 0.876. The summed E-state index contributed by atoms with van der Waals surface area (Å²) in [6.07, 6.45) is 1.02. The molecule has 1 aromatic carbocycles. The predicted octanol–water partition coefficient (Wildman–Crippen LogP) is 4.00. The van der Waals surface area contributed by atoms with Crippen LogP contribution in [0.5, 0.6) is 0 Å². The molecule has 0 bridgehead atoms. The Kier molecular flexibility index (Phi) is 4.14. The first-order valence-electron chi connectivity index (χ1n) is 6.39. The molecule has 19 heavy (non-hydrogen) atoms. The Balaban J connectivity index is 2.39. The van der Waals surface area contributed by atoms with Gasteiger partial charge in [-0.3, -0.25) is 0 Å². The standard InChI is InChI=1S/C14H19BrN4/c1-4-7-19-14(13(16)10(3)18-19)17-12-8-11(15)6-5-9(12)2/h5-6,8,17H,4,7,16H2,1-3H3. The van der Waals surface area contributed by atoms with Gasteiger partial charge in [-0.05, 0) is 38.0 Å². The summed E-state index contributed by atoms with van der Waals surface area (Å²) in [4.78, 5) is 0. The number of aryl methyl sites for hydroxylation is 3. The maximum atomic E-state index is 6.11. The lowest BCUT2D eigenvalue weighted by Crippen LogP contribution is -2.06. The number of halogens is 1. The number of anilines is 3. The molecule has 0 aliphatic carbocycles. The molecule has 0 fully saturated rings. The van der Waals surface area contributed by atoms with Crippen LogP contribution in [0.3, 0.4) is 0 Å². The van der Waals surface area contributed by atoms with Crippen molar-refractivity contribution < 1.29 is 0 Å². The molecule has 5 heteroatoms. The van der Waals surface area contributed by atoms with Crippen LogP contribution in [0.2, 0.25) is 0 Å². The quantitative estimate of drug-likeness (QED) is 0.894. The van der Waals surface area contributed by atoms with Crippen molar-refractivity contribution in [2.75, 3.05) is 11.1 Å². The van der Waals surface area contributed by atoms with Crippen molar-refractivity contribution in [3.63, 3.8) is 0 Å². The molecule has 3 N–H and O–H groups in total. The SMILES string of the molecule is CCCn1nc(C)c(N)c1Nc1cc(Br)ccc1C. The topological polar surface area (TPSA) is 55.9 Å². The lowest BCUT2D eigenvalue weighted by molar-refractivity contribution is 0.605. The Bertz CT molecular complexity index is 589. The van der Waals surface area contributed by atoms with Gasteiger partial charge < -0.3 is 11.1 Å². The number of nitrogens with one attached hydrogen (secondary N) is 1. The zero-order valence-corrected chi connectivity index (χ0v) is 13.1. The van der Waals surface area contributed by atoms with Gasteiger partial charge in [0.25, 0.3) is 0 Å².